The maximum atomic E-state index is 13.2. The van der Waals surface area contributed by atoms with Crippen LogP contribution in [0.5, 0.6) is 0 Å². The number of aryl methyl sites for hydroxylation is 1. The second-order valence-electron chi connectivity index (χ2n) is 3.39. The second kappa shape index (κ2) is 3.77. The molecule has 0 heterocycles. The van der Waals surface area contributed by atoms with Gasteiger partial charge in [-0.3, -0.25) is 0 Å². The molecule has 1 aromatic rings. The first-order valence-electron chi connectivity index (χ1n) is 4.51. The number of carbonyl (C=O) groups is 1. The quantitative estimate of drug-likeness (QED) is 0.852. The number of benzene rings is 1. The van der Waals surface area contributed by atoms with E-state index in [-0.39, 0.29) is 11.4 Å². The molecule has 0 radical (unpaired) electrons. The minimum Gasteiger partial charge on any atom is -0.478 e. The maximum Gasteiger partial charge on any atom is 0.335 e. The van der Waals surface area contributed by atoms with Gasteiger partial charge < -0.3 is 5.11 Å². The van der Waals surface area contributed by atoms with Crippen LogP contribution in [-0.4, -0.2) is 11.1 Å². The summed E-state index contributed by atoms with van der Waals surface area (Å²) >= 11 is 3.06. The Bertz CT molecular complexity index is 466. The molecule has 0 amide bonds. The number of hydrogen-bond acceptors (Lipinski definition) is 1. The van der Waals surface area contributed by atoms with Gasteiger partial charge >= 0.3 is 5.97 Å². The van der Waals surface area contributed by atoms with Crippen molar-refractivity contribution in [1.82, 2.24) is 0 Å². The normalized spacial score (nSPS) is 14.4. The van der Waals surface area contributed by atoms with E-state index in [0.29, 0.717) is 22.9 Å². The zero-order chi connectivity index (χ0) is 11.0. The Morgan fingerprint density at radius 3 is 2.87 bits per heavy atom. The molecule has 78 valence electrons. The Labute approximate surface area is 94.5 Å². The summed E-state index contributed by atoms with van der Waals surface area (Å²) in [6.45, 7) is 0. The largest absolute Gasteiger partial charge is 0.478 e. The molecule has 1 aliphatic rings. The minimum absolute atomic E-state index is 0.261. The number of aliphatic carboxylic acids is 1. The molecular formula is C11H8BrFO2. The zero-order valence-electron chi connectivity index (χ0n) is 7.76. The average molecular weight is 271 g/mol. The molecule has 2 nitrogen and oxygen atoms in total. The van der Waals surface area contributed by atoms with Crippen molar-refractivity contribution in [3.8, 4) is 0 Å². The molecule has 0 saturated carbocycles. The molecule has 0 aliphatic heterocycles. The third-order valence-electron chi connectivity index (χ3n) is 2.43. The third-order valence-corrected chi connectivity index (χ3v) is 3.04. The first-order chi connectivity index (χ1) is 7.09. The van der Waals surface area contributed by atoms with Crippen LogP contribution in [0.3, 0.4) is 0 Å². The SMILES string of the molecule is O=C(O)C1=CCCc2cc(F)c(Br)cc21. The Kier molecular flexibility index (Phi) is 2.61. The topological polar surface area (TPSA) is 37.3 Å². The van der Waals surface area contributed by atoms with Crippen molar-refractivity contribution in [2.45, 2.75) is 12.8 Å². The number of halogens is 2. The predicted molar refractivity (Wildman–Crippen MR) is 58.0 cm³/mol. The predicted octanol–water partition coefficient (Wildman–Crippen LogP) is 3.00. The molecule has 1 N–H and O–H groups in total. The Balaban J connectivity index is 2.60. The standard InChI is InChI=1S/C11H8BrFO2/c12-9-5-8-6(4-10(9)13)2-1-3-7(8)11(14)15/h3-5H,1-2H2,(H,14,15). The van der Waals surface area contributed by atoms with Crippen LogP contribution in [0.25, 0.3) is 5.57 Å². The summed E-state index contributed by atoms with van der Waals surface area (Å²) in [4.78, 5) is 10.9. The summed E-state index contributed by atoms with van der Waals surface area (Å²) in [6, 6.07) is 2.93. The molecule has 0 unspecified atom stereocenters. The number of carboxylic acids is 1. The Morgan fingerprint density at radius 1 is 1.47 bits per heavy atom. The lowest BCUT2D eigenvalue weighted by atomic mass is 9.91. The molecule has 0 bridgehead atoms. The van der Waals surface area contributed by atoms with Gasteiger partial charge in [-0.1, -0.05) is 6.08 Å². The van der Waals surface area contributed by atoms with Gasteiger partial charge in [0, 0.05) is 0 Å². The van der Waals surface area contributed by atoms with Crippen LogP contribution < -0.4 is 0 Å². The maximum absolute atomic E-state index is 13.2. The number of hydrogen-bond donors (Lipinski definition) is 1. The van der Waals surface area contributed by atoms with Gasteiger partial charge in [-0.2, -0.15) is 0 Å². The monoisotopic (exact) mass is 270 g/mol. The van der Waals surface area contributed by atoms with Crippen LogP contribution in [0.4, 0.5) is 4.39 Å². The molecule has 0 saturated heterocycles. The molecular weight excluding hydrogens is 263 g/mol. The fourth-order valence-corrected chi connectivity index (χ4v) is 2.07. The second-order valence-corrected chi connectivity index (χ2v) is 4.24. The van der Waals surface area contributed by atoms with E-state index in [9.17, 15) is 9.18 Å². The van der Waals surface area contributed by atoms with Crippen molar-refractivity contribution in [2.75, 3.05) is 0 Å². The van der Waals surface area contributed by atoms with Crippen LogP contribution in [0, 0.1) is 5.82 Å². The van der Waals surface area contributed by atoms with E-state index >= 15 is 0 Å². The van der Waals surface area contributed by atoms with Crippen LogP contribution in [-0.2, 0) is 11.2 Å². The van der Waals surface area contributed by atoms with E-state index in [1.165, 1.54) is 12.1 Å². The van der Waals surface area contributed by atoms with Crippen molar-refractivity contribution in [3.63, 3.8) is 0 Å². The smallest absolute Gasteiger partial charge is 0.335 e. The zero-order valence-corrected chi connectivity index (χ0v) is 9.34. The Morgan fingerprint density at radius 2 is 2.20 bits per heavy atom. The van der Waals surface area contributed by atoms with Gasteiger partial charge in [0.15, 0.2) is 0 Å². The fourth-order valence-electron chi connectivity index (χ4n) is 1.73. The average Bonchev–Trinajstić information content (AvgIpc) is 2.18. The molecule has 1 aliphatic carbocycles. The van der Waals surface area contributed by atoms with Gasteiger partial charge in [0.25, 0.3) is 0 Å². The summed E-state index contributed by atoms with van der Waals surface area (Å²) < 4.78 is 13.5. The van der Waals surface area contributed by atoms with Crippen LogP contribution >= 0.6 is 15.9 Å². The lowest BCUT2D eigenvalue weighted by Gasteiger charge is -2.15. The van der Waals surface area contributed by atoms with Crippen LogP contribution in [0.15, 0.2) is 22.7 Å². The summed E-state index contributed by atoms with van der Waals surface area (Å²) in [5.74, 6) is -1.31. The first-order valence-corrected chi connectivity index (χ1v) is 5.30. The highest BCUT2D eigenvalue weighted by Gasteiger charge is 2.19. The molecule has 0 aromatic heterocycles. The molecule has 4 heteroatoms. The number of carboxylic acid groups (broad SMARTS) is 1. The third kappa shape index (κ3) is 1.81. The molecule has 2 rings (SSSR count). The fraction of sp³-hybridized carbons (Fsp3) is 0.182. The highest BCUT2D eigenvalue weighted by Crippen LogP contribution is 2.30. The summed E-state index contributed by atoms with van der Waals surface area (Å²) in [5.41, 5.74) is 1.63. The summed E-state index contributed by atoms with van der Waals surface area (Å²) in [6.07, 6.45) is 3.01. The van der Waals surface area contributed by atoms with Gasteiger partial charge in [-0.05, 0) is 52.0 Å². The first kappa shape index (κ1) is 10.4. The van der Waals surface area contributed by atoms with Crippen molar-refractivity contribution in [1.29, 1.82) is 0 Å². The van der Waals surface area contributed by atoms with Crippen molar-refractivity contribution >= 4 is 27.5 Å². The molecule has 0 fully saturated rings. The summed E-state index contributed by atoms with van der Waals surface area (Å²) in [5, 5.41) is 8.97. The molecule has 1 aromatic carbocycles. The van der Waals surface area contributed by atoms with Gasteiger partial charge in [0.2, 0.25) is 0 Å². The lowest BCUT2D eigenvalue weighted by molar-refractivity contribution is -0.130. The van der Waals surface area contributed by atoms with Gasteiger partial charge in [0.05, 0.1) is 10.0 Å². The number of fused-ring (bicyclic) bond motifs is 1. The van der Waals surface area contributed by atoms with Crippen LogP contribution in [0.2, 0.25) is 0 Å². The van der Waals surface area contributed by atoms with E-state index < -0.39 is 5.97 Å². The van der Waals surface area contributed by atoms with E-state index in [1.54, 1.807) is 6.08 Å². The molecule has 0 spiro atoms. The van der Waals surface area contributed by atoms with Gasteiger partial charge in [-0.15, -0.1) is 0 Å². The van der Waals surface area contributed by atoms with E-state index in [4.69, 9.17) is 5.11 Å². The minimum atomic E-state index is -0.963. The van der Waals surface area contributed by atoms with Crippen LogP contribution in [0.1, 0.15) is 17.5 Å². The van der Waals surface area contributed by atoms with Gasteiger partial charge in [-0.25, -0.2) is 9.18 Å². The van der Waals surface area contributed by atoms with Crippen molar-refractivity contribution in [2.24, 2.45) is 0 Å². The summed E-state index contributed by atoms with van der Waals surface area (Å²) in [7, 11) is 0. The van der Waals surface area contributed by atoms with E-state index in [0.717, 1.165) is 5.56 Å². The molecule has 15 heavy (non-hydrogen) atoms. The molecule has 0 atom stereocenters. The highest BCUT2D eigenvalue weighted by atomic mass is 79.9. The number of allylic oxidation sites excluding steroid dienone is 1. The lowest BCUT2D eigenvalue weighted by Crippen LogP contribution is -2.08. The van der Waals surface area contributed by atoms with Gasteiger partial charge in [0.1, 0.15) is 5.82 Å². The van der Waals surface area contributed by atoms with E-state index in [2.05, 4.69) is 15.9 Å². The van der Waals surface area contributed by atoms with E-state index in [1.807, 2.05) is 0 Å². The van der Waals surface area contributed by atoms with Crippen molar-refractivity contribution in [3.05, 3.63) is 39.6 Å². The van der Waals surface area contributed by atoms with Crippen molar-refractivity contribution < 1.29 is 14.3 Å². The highest BCUT2D eigenvalue weighted by molar-refractivity contribution is 9.10. The Hall–Kier alpha value is -1.16. The number of rotatable bonds is 1.